The summed E-state index contributed by atoms with van der Waals surface area (Å²) < 4.78 is 7.51. The van der Waals surface area contributed by atoms with E-state index in [4.69, 9.17) is 4.74 Å². The van der Waals surface area contributed by atoms with Crippen molar-refractivity contribution < 1.29 is 9.53 Å². The van der Waals surface area contributed by atoms with Crippen LogP contribution in [0.5, 0.6) is 5.75 Å². The van der Waals surface area contributed by atoms with Crippen LogP contribution in [-0.4, -0.2) is 51.7 Å². The third-order valence-electron chi connectivity index (χ3n) is 5.57. The fourth-order valence-electron chi connectivity index (χ4n) is 4.04. The van der Waals surface area contributed by atoms with Crippen molar-refractivity contribution in [2.75, 3.05) is 26.2 Å². The Morgan fingerprint density at radius 3 is 2.39 bits per heavy atom. The number of benzene rings is 2. The number of ether oxygens (including phenoxy) is 1. The Hall–Kier alpha value is -3.12. The number of hydrogen-bond acceptors (Lipinski definition) is 4. The predicted octanol–water partition coefficient (Wildman–Crippen LogP) is 3.80. The summed E-state index contributed by atoms with van der Waals surface area (Å²) in [5, 5.41) is 4.43. The number of aromatic nitrogens is 2. The SMILES string of the molecule is Cc1cccc(CN2CCN(C(=O)c3ccn(COc4cc(C)cc(C)c4)n3)CC2)c1. The quantitative estimate of drug-likeness (QED) is 0.611. The van der Waals surface area contributed by atoms with Gasteiger partial charge in [-0.2, -0.15) is 5.10 Å². The van der Waals surface area contributed by atoms with Crippen LogP contribution in [0.2, 0.25) is 0 Å². The molecule has 2 aromatic carbocycles. The minimum Gasteiger partial charge on any atom is -0.471 e. The molecule has 1 aliphatic rings. The molecule has 1 aromatic heterocycles. The van der Waals surface area contributed by atoms with Crippen LogP contribution in [0.25, 0.3) is 0 Å². The third kappa shape index (κ3) is 5.52. The summed E-state index contributed by atoms with van der Waals surface area (Å²) in [4.78, 5) is 17.2. The summed E-state index contributed by atoms with van der Waals surface area (Å²) >= 11 is 0. The third-order valence-corrected chi connectivity index (χ3v) is 5.57. The molecule has 4 rings (SSSR count). The van der Waals surface area contributed by atoms with E-state index in [2.05, 4.69) is 47.3 Å². The van der Waals surface area contributed by atoms with Crippen molar-refractivity contribution in [2.45, 2.75) is 34.0 Å². The van der Waals surface area contributed by atoms with Crippen molar-refractivity contribution >= 4 is 5.91 Å². The van der Waals surface area contributed by atoms with Crippen molar-refractivity contribution in [3.8, 4) is 5.75 Å². The van der Waals surface area contributed by atoms with E-state index < -0.39 is 0 Å². The fraction of sp³-hybridized carbons (Fsp3) is 0.360. The molecule has 0 atom stereocenters. The lowest BCUT2D eigenvalue weighted by molar-refractivity contribution is 0.0621. The highest BCUT2D eigenvalue weighted by molar-refractivity contribution is 5.92. The first-order valence-corrected chi connectivity index (χ1v) is 10.8. The summed E-state index contributed by atoms with van der Waals surface area (Å²) in [6.45, 7) is 10.6. The Morgan fingerprint density at radius 1 is 0.935 bits per heavy atom. The summed E-state index contributed by atoms with van der Waals surface area (Å²) in [5.41, 5.74) is 5.39. The first kappa shape index (κ1) is 21.1. The topological polar surface area (TPSA) is 50.6 Å². The van der Waals surface area contributed by atoms with Crippen LogP contribution in [-0.2, 0) is 13.3 Å². The lowest BCUT2D eigenvalue weighted by Gasteiger charge is -2.34. The van der Waals surface area contributed by atoms with Crippen molar-refractivity contribution in [3.05, 3.63) is 82.7 Å². The van der Waals surface area contributed by atoms with Gasteiger partial charge >= 0.3 is 0 Å². The molecule has 1 aliphatic heterocycles. The molecule has 1 saturated heterocycles. The molecule has 1 amide bonds. The van der Waals surface area contributed by atoms with Gasteiger partial charge < -0.3 is 9.64 Å². The zero-order chi connectivity index (χ0) is 21.8. The second-order valence-electron chi connectivity index (χ2n) is 8.39. The number of piperazine rings is 1. The molecule has 1 fully saturated rings. The second kappa shape index (κ2) is 9.35. The van der Waals surface area contributed by atoms with Crippen molar-refractivity contribution in [2.24, 2.45) is 0 Å². The highest BCUT2D eigenvalue weighted by Crippen LogP contribution is 2.17. The normalized spacial score (nSPS) is 14.6. The highest BCUT2D eigenvalue weighted by Gasteiger charge is 2.23. The molecule has 162 valence electrons. The van der Waals surface area contributed by atoms with Gasteiger partial charge in [-0.05, 0) is 55.7 Å². The maximum atomic E-state index is 12.9. The minimum absolute atomic E-state index is 0.0136. The summed E-state index contributed by atoms with van der Waals surface area (Å²) in [6.07, 6.45) is 1.80. The molecule has 0 radical (unpaired) electrons. The van der Waals surface area contributed by atoms with Crippen LogP contribution in [0, 0.1) is 20.8 Å². The fourth-order valence-corrected chi connectivity index (χ4v) is 4.04. The molecule has 2 heterocycles. The summed E-state index contributed by atoms with van der Waals surface area (Å²) in [6, 6.07) is 16.5. The Kier molecular flexibility index (Phi) is 6.37. The van der Waals surface area contributed by atoms with Gasteiger partial charge in [0.1, 0.15) is 5.75 Å². The number of amides is 1. The average Bonchev–Trinajstić information content (AvgIpc) is 3.21. The number of hydrogen-bond donors (Lipinski definition) is 0. The van der Waals surface area contributed by atoms with E-state index in [1.54, 1.807) is 16.9 Å². The first-order valence-electron chi connectivity index (χ1n) is 10.8. The number of carbonyl (C=O) groups is 1. The maximum Gasteiger partial charge on any atom is 0.274 e. The molecule has 3 aromatic rings. The Balaban J connectivity index is 1.29. The molecule has 0 aliphatic carbocycles. The molecule has 0 saturated carbocycles. The molecular formula is C25H30N4O2. The van der Waals surface area contributed by atoms with Crippen molar-refractivity contribution in [3.63, 3.8) is 0 Å². The Bertz CT molecular complexity index is 1030. The zero-order valence-electron chi connectivity index (χ0n) is 18.5. The van der Waals surface area contributed by atoms with E-state index in [0.29, 0.717) is 5.69 Å². The van der Waals surface area contributed by atoms with Gasteiger partial charge in [-0.25, -0.2) is 4.68 Å². The molecule has 0 bridgehead atoms. The Labute approximate surface area is 184 Å². The van der Waals surface area contributed by atoms with E-state index in [9.17, 15) is 4.79 Å². The number of nitrogens with zero attached hydrogens (tertiary/aromatic N) is 4. The predicted molar refractivity (Wildman–Crippen MR) is 121 cm³/mol. The van der Waals surface area contributed by atoms with Gasteiger partial charge in [-0.1, -0.05) is 35.9 Å². The van der Waals surface area contributed by atoms with Gasteiger partial charge in [0.25, 0.3) is 5.91 Å². The molecule has 0 N–H and O–H groups in total. The molecule has 0 spiro atoms. The van der Waals surface area contributed by atoms with Crippen molar-refractivity contribution in [1.82, 2.24) is 19.6 Å². The average molecular weight is 419 g/mol. The number of carbonyl (C=O) groups excluding carboxylic acids is 1. The maximum absolute atomic E-state index is 12.9. The van der Waals surface area contributed by atoms with Gasteiger partial charge in [-0.15, -0.1) is 0 Å². The van der Waals surface area contributed by atoms with Crippen LogP contribution in [0.3, 0.4) is 0 Å². The van der Waals surface area contributed by atoms with Crippen LogP contribution < -0.4 is 4.74 Å². The largest absolute Gasteiger partial charge is 0.471 e. The van der Waals surface area contributed by atoms with E-state index in [1.807, 2.05) is 30.9 Å². The summed E-state index contributed by atoms with van der Waals surface area (Å²) in [7, 11) is 0. The van der Waals surface area contributed by atoms with E-state index in [1.165, 1.54) is 11.1 Å². The van der Waals surface area contributed by atoms with Gasteiger partial charge in [0.2, 0.25) is 0 Å². The van der Waals surface area contributed by atoms with E-state index in [-0.39, 0.29) is 12.6 Å². The number of aryl methyl sites for hydroxylation is 3. The second-order valence-corrected chi connectivity index (χ2v) is 8.39. The first-order chi connectivity index (χ1) is 15.0. The van der Waals surface area contributed by atoms with Gasteiger partial charge in [0.15, 0.2) is 12.4 Å². The Morgan fingerprint density at radius 2 is 1.68 bits per heavy atom. The molecule has 31 heavy (non-hydrogen) atoms. The van der Waals surface area contributed by atoms with Crippen LogP contribution in [0.4, 0.5) is 0 Å². The molecule has 0 unspecified atom stereocenters. The standard InChI is InChI=1S/C25H30N4O2/c1-19-5-4-6-22(14-19)17-27-9-11-28(12-10-27)25(30)24-7-8-29(26-24)18-31-23-15-20(2)13-21(3)16-23/h4-8,13-16H,9-12,17-18H2,1-3H3. The minimum atomic E-state index is -0.0136. The molecular weight excluding hydrogens is 388 g/mol. The van der Waals surface area contributed by atoms with Crippen LogP contribution in [0.15, 0.2) is 54.7 Å². The lowest BCUT2D eigenvalue weighted by atomic mass is 10.1. The summed E-state index contributed by atoms with van der Waals surface area (Å²) in [5.74, 6) is 0.797. The zero-order valence-corrected chi connectivity index (χ0v) is 18.5. The molecule has 6 nitrogen and oxygen atoms in total. The molecule has 6 heteroatoms. The van der Waals surface area contributed by atoms with Gasteiger partial charge in [0.05, 0.1) is 0 Å². The number of rotatable bonds is 6. The lowest BCUT2D eigenvalue weighted by Crippen LogP contribution is -2.48. The van der Waals surface area contributed by atoms with E-state index >= 15 is 0 Å². The van der Waals surface area contributed by atoms with Crippen molar-refractivity contribution in [1.29, 1.82) is 0 Å². The highest BCUT2D eigenvalue weighted by atomic mass is 16.5. The van der Waals surface area contributed by atoms with E-state index in [0.717, 1.165) is 49.6 Å². The van der Waals surface area contributed by atoms with Crippen LogP contribution in [0.1, 0.15) is 32.7 Å². The van der Waals surface area contributed by atoms with Gasteiger partial charge in [-0.3, -0.25) is 9.69 Å². The smallest absolute Gasteiger partial charge is 0.274 e. The van der Waals surface area contributed by atoms with Crippen LogP contribution >= 0.6 is 0 Å². The monoisotopic (exact) mass is 418 g/mol. The van der Waals surface area contributed by atoms with Gasteiger partial charge in [0, 0.05) is 38.9 Å².